The van der Waals surface area contributed by atoms with Crippen LogP contribution in [0.2, 0.25) is 0 Å². The van der Waals surface area contributed by atoms with Crippen molar-refractivity contribution in [1.29, 1.82) is 0 Å². The number of aromatic nitrogens is 6. The van der Waals surface area contributed by atoms with Gasteiger partial charge in [0, 0.05) is 12.6 Å². The standard InChI is InChI=1S/C15H24N8O/c1-10-18-11(2)22(20-10)8-7-17-15(24)14-9-23(21-19-14)13-5-3-12(16)4-6-13/h9,12-13H,3-8,16H2,1-2H3,(H,17,24). The van der Waals surface area contributed by atoms with E-state index in [1.54, 1.807) is 15.6 Å². The molecule has 0 radical (unpaired) electrons. The Balaban J connectivity index is 1.51. The number of amides is 1. The Morgan fingerprint density at radius 3 is 2.75 bits per heavy atom. The van der Waals surface area contributed by atoms with E-state index >= 15 is 0 Å². The van der Waals surface area contributed by atoms with Gasteiger partial charge in [-0.1, -0.05) is 5.21 Å². The third-order valence-electron chi connectivity index (χ3n) is 4.43. The highest BCUT2D eigenvalue weighted by atomic mass is 16.2. The molecule has 0 unspecified atom stereocenters. The van der Waals surface area contributed by atoms with Gasteiger partial charge >= 0.3 is 0 Å². The van der Waals surface area contributed by atoms with Crippen LogP contribution in [0, 0.1) is 13.8 Å². The summed E-state index contributed by atoms with van der Waals surface area (Å²) in [5.41, 5.74) is 6.27. The summed E-state index contributed by atoms with van der Waals surface area (Å²) in [7, 11) is 0. The van der Waals surface area contributed by atoms with Crippen LogP contribution in [0.1, 0.15) is 53.9 Å². The average Bonchev–Trinajstić information content (AvgIpc) is 3.15. The van der Waals surface area contributed by atoms with E-state index in [0.717, 1.165) is 37.3 Å². The number of hydrogen-bond donors (Lipinski definition) is 2. The second kappa shape index (κ2) is 7.08. The monoisotopic (exact) mass is 332 g/mol. The molecular formula is C15H24N8O. The molecule has 1 aliphatic rings. The molecule has 1 amide bonds. The molecule has 0 spiro atoms. The van der Waals surface area contributed by atoms with E-state index in [0.29, 0.717) is 24.8 Å². The van der Waals surface area contributed by atoms with Crippen LogP contribution in [-0.2, 0) is 6.54 Å². The summed E-state index contributed by atoms with van der Waals surface area (Å²) in [6.07, 6.45) is 5.67. The number of hydrogen-bond acceptors (Lipinski definition) is 6. The number of rotatable bonds is 5. The summed E-state index contributed by atoms with van der Waals surface area (Å²) in [6.45, 7) is 4.78. The van der Waals surface area contributed by atoms with Gasteiger partial charge in [-0.15, -0.1) is 5.10 Å². The third kappa shape index (κ3) is 3.78. The van der Waals surface area contributed by atoms with Gasteiger partial charge in [0.05, 0.1) is 18.8 Å². The van der Waals surface area contributed by atoms with E-state index in [1.165, 1.54) is 0 Å². The van der Waals surface area contributed by atoms with Gasteiger partial charge in [-0.3, -0.25) is 4.79 Å². The van der Waals surface area contributed by atoms with E-state index in [-0.39, 0.29) is 11.9 Å². The zero-order chi connectivity index (χ0) is 17.1. The normalized spacial score (nSPS) is 21.0. The first kappa shape index (κ1) is 16.6. The molecule has 0 atom stereocenters. The highest BCUT2D eigenvalue weighted by molar-refractivity contribution is 5.91. The number of nitrogens with one attached hydrogen (secondary N) is 1. The maximum atomic E-state index is 12.2. The van der Waals surface area contributed by atoms with Gasteiger partial charge in [0.25, 0.3) is 5.91 Å². The minimum atomic E-state index is -0.219. The molecule has 130 valence electrons. The number of carbonyl (C=O) groups is 1. The minimum absolute atomic E-state index is 0.219. The average molecular weight is 332 g/mol. The molecule has 2 heterocycles. The molecule has 0 saturated heterocycles. The van der Waals surface area contributed by atoms with Crippen LogP contribution < -0.4 is 11.1 Å². The molecule has 0 aromatic carbocycles. The van der Waals surface area contributed by atoms with Crippen molar-refractivity contribution in [3.8, 4) is 0 Å². The van der Waals surface area contributed by atoms with Crippen molar-refractivity contribution in [2.75, 3.05) is 6.54 Å². The van der Waals surface area contributed by atoms with E-state index < -0.39 is 0 Å². The lowest BCUT2D eigenvalue weighted by atomic mass is 9.92. The van der Waals surface area contributed by atoms with Crippen LogP contribution in [-0.4, -0.2) is 48.3 Å². The lowest BCUT2D eigenvalue weighted by Gasteiger charge is -2.25. The number of nitrogens with two attached hydrogens (primary N) is 1. The quantitative estimate of drug-likeness (QED) is 0.816. The van der Waals surface area contributed by atoms with Gasteiger partial charge < -0.3 is 11.1 Å². The summed E-state index contributed by atoms with van der Waals surface area (Å²) in [6, 6.07) is 0.580. The lowest BCUT2D eigenvalue weighted by molar-refractivity contribution is 0.0946. The summed E-state index contributed by atoms with van der Waals surface area (Å²) in [5, 5.41) is 15.2. The molecule has 1 fully saturated rings. The minimum Gasteiger partial charge on any atom is -0.349 e. The van der Waals surface area contributed by atoms with Crippen molar-refractivity contribution in [3.63, 3.8) is 0 Å². The first-order chi connectivity index (χ1) is 11.5. The summed E-state index contributed by atoms with van der Waals surface area (Å²) in [4.78, 5) is 16.4. The number of aryl methyl sites for hydroxylation is 2. The molecule has 3 N–H and O–H groups in total. The van der Waals surface area contributed by atoms with Crippen molar-refractivity contribution in [2.24, 2.45) is 5.73 Å². The number of carbonyl (C=O) groups excluding carboxylic acids is 1. The Morgan fingerprint density at radius 1 is 1.33 bits per heavy atom. The predicted octanol–water partition coefficient (Wildman–Crippen LogP) is 0.359. The molecule has 1 aliphatic carbocycles. The van der Waals surface area contributed by atoms with Gasteiger partial charge in [0.15, 0.2) is 5.69 Å². The molecule has 0 bridgehead atoms. The molecule has 2 aromatic rings. The smallest absolute Gasteiger partial charge is 0.273 e. The zero-order valence-electron chi connectivity index (χ0n) is 14.1. The molecule has 24 heavy (non-hydrogen) atoms. The lowest BCUT2D eigenvalue weighted by Crippen LogP contribution is -2.28. The molecule has 0 aliphatic heterocycles. The summed E-state index contributed by atoms with van der Waals surface area (Å²) < 4.78 is 3.57. The largest absolute Gasteiger partial charge is 0.349 e. The summed E-state index contributed by atoms with van der Waals surface area (Å²) in [5.74, 6) is 1.35. The zero-order valence-corrected chi connectivity index (χ0v) is 14.1. The van der Waals surface area contributed by atoms with Crippen molar-refractivity contribution in [1.82, 2.24) is 35.1 Å². The predicted molar refractivity (Wildman–Crippen MR) is 87.3 cm³/mol. The molecule has 9 heteroatoms. The molecule has 9 nitrogen and oxygen atoms in total. The van der Waals surface area contributed by atoms with E-state index in [9.17, 15) is 4.79 Å². The maximum Gasteiger partial charge on any atom is 0.273 e. The fraction of sp³-hybridized carbons (Fsp3) is 0.667. The van der Waals surface area contributed by atoms with Gasteiger partial charge in [-0.2, -0.15) is 5.10 Å². The SMILES string of the molecule is Cc1nc(C)n(CCNC(=O)c2cn(C3CCC(N)CC3)nn2)n1. The van der Waals surface area contributed by atoms with Crippen LogP contribution >= 0.6 is 0 Å². The molecule has 1 saturated carbocycles. The topological polar surface area (TPSA) is 117 Å². The highest BCUT2D eigenvalue weighted by Crippen LogP contribution is 2.26. The van der Waals surface area contributed by atoms with Crippen molar-refractivity contribution in [2.45, 2.75) is 58.2 Å². The first-order valence-corrected chi connectivity index (χ1v) is 8.36. The Morgan fingerprint density at radius 2 is 2.08 bits per heavy atom. The van der Waals surface area contributed by atoms with Crippen LogP contribution in [0.15, 0.2) is 6.20 Å². The van der Waals surface area contributed by atoms with Crippen molar-refractivity contribution < 1.29 is 4.79 Å². The fourth-order valence-corrected chi connectivity index (χ4v) is 3.06. The second-order valence-electron chi connectivity index (χ2n) is 6.34. The Bertz CT molecular complexity index is 698. The maximum absolute atomic E-state index is 12.2. The Kier molecular flexibility index (Phi) is 4.89. The third-order valence-corrected chi connectivity index (χ3v) is 4.43. The molecule has 2 aromatic heterocycles. The van der Waals surface area contributed by atoms with E-state index in [1.807, 2.05) is 13.8 Å². The fourth-order valence-electron chi connectivity index (χ4n) is 3.06. The molecular weight excluding hydrogens is 308 g/mol. The van der Waals surface area contributed by atoms with Crippen molar-refractivity contribution in [3.05, 3.63) is 23.5 Å². The molecule has 3 rings (SSSR count). The highest BCUT2D eigenvalue weighted by Gasteiger charge is 2.22. The second-order valence-corrected chi connectivity index (χ2v) is 6.34. The van der Waals surface area contributed by atoms with Crippen LogP contribution in [0.5, 0.6) is 0 Å². The van der Waals surface area contributed by atoms with Crippen LogP contribution in [0.4, 0.5) is 0 Å². The van der Waals surface area contributed by atoms with Gasteiger partial charge in [0.1, 0.15) is 11.6 Å². The van der Waals surface area contributed by atoms with E-state index in [2.05, 4.69) is 25.7 Å². The van der Waals surface area contributed by atoms with Crippen LogP contribution in [0.25, 0.3) is 0 Å². The van der Waals surface area contributed by atoms with Crippen LogP contribution in [0.3, 0.4) is 0 Å². The number of nitrogens with zero attached hydrogens (tertiary/aromatic N) is 6. The summed E-state index contributed by atoms with van der Waals surface area (Å²) >= 11 is 0. The Hall–Kier alpha value is -2.29. The van der Waals surface area contributed by atoms with E-state index in [4.69, 9.17) is 5.73 Å². The first-order valence-electron chi connectivity index (χ1n) is 8.36. The van der Waals surface area contributed by atoms with Crippen molar-refractivity contribution >= 4 is 5.91 Å². The van der Waals surface area contributed by atoms with Gasteiger partial charge in [0.2, 0.25) is 0 Å². The Labute approximate surface area is 140 Å². The van der Waals surface area contributed by atoms with Gasteiger partial charge in [-0.05, 0) is 39.5 Å². The van der Waals surface area contributed by atoms with Gasteiger partial charge in [-0.25, -0.2) is 14.3 Å².